The van der Waals surface area contributed by atoms with E-state index in [1.165, 1.54) is 22.7 Å². The van der Waals surface area contributed by atoms with Crippen molar-refractivity contribution in [1.29, 1.82) is 0 Å². The van der Waals surface area contributed by atoms with Crippen LogP contribution in [0.2, 0.25) is 0 Å². The van der Waals surface area contributed by atoms with Gasteiger partial charge in [-0.05, 0) is 19.4 Å². The van der Waals surface area contributed by atoms with Crippen molar-refractivity contribution in [2.45, 2.75) is 33.7 Å². The maximum atomic E-state index is 13.1. The third kappa shape index (κ3) is 3.40. The van der Waals surface area contributed by atoms with Crippen molar-refractivity contribution in [2.24, 2.45) is 4.99 Å². The van der Waals surface area contributed by atoms with Crippen LogP contribution in [-0.2, 0) is 24.6 Å². The Balaban J connectivity index is 1.71. The fourth-order valence-electron chi connectivity index (χ4n) is 3.44. The van der Waals surface area contributed by atoms with Crippen molar-refractivity contribution >= 4 is 5.71 Å². The van der Waals surface area contributed by atoms with E-state index in [2.05, 4.69) is 10.1 Å². The van der Waals surface area contributed by atoms with Crippen LogP contribution in [0.4, 0.5) is 0 Å². The minimum Gasteiger partial charge on any atom is -0.362 e. The zero-order chi connectivity index (χ0) is 20.5. The fourth-order valence-corrected chi connectivity index (χ4v) is 3.44. The van der Waals surface area contributed by atoms with E-state index in [4.69, 9.17) is 4.74 Å². The SMILES string of the molecule is COCn1c(=O)n(-c2cnn(CC3=C(C)N=C3C)c2)c(=O)n1Cc1ccccc1. The van der Waals surface area contributed by atoms with E-state index < -0.39 is 11.4 Å². The molecule has 1 aliphatic heterocycles. The van der Waals surface area contributed by atoms with Crippen LogP contribution < -0.4 is 11.4 Å². The van der Waals surface area contributed by atoms with Crippen molar-refractivity contribution < 1.29 is 4.74 Å². The highest BCUT2D eigenvalue weighted by Gasteiger charge is 2.20. The molecule has 0 aliphatic carbocycles. The van der Waals surface area contributed by atoms with E-state index in [0.29, 0.717) is 12.2 Å². The van der Waals surface area contributed by atoms with E-state index in [1.54, 1.807) is 10.9 Å². The zero-order valence-electron chi connectivity index (χ0n) is 16.6. The molecule has 150 valence electrons. The summed E-state index contributed by atoms with van der Waals surface area (Å²) >= 11 is 0. The number of ether oxygens (including phenoxy) is 1. The second-order valence-electron chi connectivity index (χ2n) is 6.92. The molecule has 0 fully saturated rings. The molecule has 3 heterocycles. The Morgan fingerprint density at radius 1 is 1.00 bits per heavy atom. The predicted molar refractivity (Wildman–Crippen MR) is 108 cm³/mol. The summed E-state index contributed by atoms with van der Waals surface area (Å²) in [5, 5.41) is 4.31. The summed E-state index contributed by atoms with van der Waals surface area (Å²) in [5.41, 5.74) is 3.50. The van der Waals surface area contributed by atoms with Gasteiger partial charge in [0.05, 0.1) is 25.0 Å². The van der Waals surface area contributed by atoms with Gasteiger partial charge in [0.25, 0.3) is 0 Å². The first kappa shape index (κ1) is 18.9. The molecule has 0 saturated carbocycles. The summed E-state index contributed by atoms with van der Waals surface area (Å²) in [7, 11) is 1.48. The molecule has 0 amide bonds. The van der Waals surface area contributed by atoms with Crippen LogP contribution in [0.25, 0.3) is 5.69 Å². The third-order valence-electron chi connectivity index (χ3n) is 4.95. The van der Waals surface area contributed by atoms with Crippen molar-refractivity contribution in [3.8, 4) is 5.69 Å². The van der Waals surface area contributed by atoms with Crippen molar-refractivity contribution in [3.05, 3.63) is 80.5 Å². The molecule has 0 N–H and O–H groups in total. The molecule has 0 radical (unpaired) electrons. The van der Waals surface area contributed by atoms with Gasteiger partial charge in [-0.2, -0.15) is 5.10 Å². The van der Waals surface area contributed by atoms with Gasteiger partial charge in [0.1, 0.15) is 6.73 Å². The molecule has 1 aliphatic rings. The molecule has 9 nitrogen and oxygen atoms in total. The van der Waals surface area contributed by atoms with Crippen molar-refractivity contribution in [2.75, 3.05) is 7.11 Å². The van der Waals surface area contributed by atoms with Crippen molar-refractivity contribution in [3.63, 3.8) is 0 Å². The molecule has 0 spiro atoms. The maximum Gasteiger partial charge on any atom is 0.354 e. The minimum absolute atomic E-state index is 0.0240. The number of aromatic nitrogens is 5. The second-order valence-corrected chi connectivity index (χ2v) is 6.92. The van der Waals surface area contributed by atoms with Gasteiger partial charge in [-0.15, -0.1) is 0 Å². The fraction of sp³-hybridized carbons (Fsp3) is 0.300. The summed E-state index contributed by atoms with van der Waals surface area (Å²) in [6.45, 7) is 4.69. The smallest absolute Gasteiger partial charge is 0.354 e. The van der Waals surface area contributed by atoms with Gasteiger partial charge in [0, 0.05) is 30.3 Å². The first-order valence-corrected chi connectivity index (χ1v) is 9.23. The molecule has 0 unspecified atom stereocenters. The van der Waals surface area contributed by atoms with Crippen LogP contribution in [-0.4, -0.2) is 36.5 Å². The Morgan fingerprint density at radius 2 is 1.72 bits per heavy atom. The van der Waals surface area contributed by atoms with Crippen LogP contribution in [0.5, 0.6) is 0 Å². The average Bonchev–Trinajstić information content (AvgIpc) is 3.26. The minimum atomic E-state index is -0.468. The summed E-state index contributed by atoms with van der Waals surface area (Å²) < 4.78 is 10.6. The summed E-state index contributed by atoms with van der Waals surface area (Å²) in [4.78, 5) is 30.3. The lowest BCUT2D eigenvalue weighted by Gasteiger charge is -2.17. The van der Waals surface area contributed by atoms with Crippen molar-refractivity contribution in [1.82, 2.24) is 23.7 Å². The highest BCUT2D eigenvalue weighted by molar-refractivity contribution is 6.04. The Hall–Kier alpha value is -3.46. The lowest BCUT2D eigenvalue weighted by Crippen LogP contribution is -2.28. The van der Waals surface area contributed by atoms with Gasteiger partial charge < -0.3 is 4.74 Å². The van der Waals surface area contributed by atoms with Gasteiger partial charge in [-0.1, -0.05) is 30.3 Å². The van der Waals surface area contributed by atoms with Gasteiger partial charge in [-0.3, -0.25) is 9.67 Å². The Bertz CT molecular complexity index is 1220. The largest absolute Gasteiger partial charge is 0.362 e. The first-order chi connectivity index (χ1) is 14.0. The monoisotopic (exact) mass is 394 g/mol. The van der Waals surface area contributed by atoms with Gasteiger partial charge in [0.2, 0.25) is 0 Å². The molecule has 9 heteroatoms. The molecular weight excluding hydrogens is 372 g/mol. The molecule has 0 bridgehead atoms. The lowest BCUT2D eigenvalue weighted by molar-refractivity contribution is 0.105. The Kier molecular flexibility index (Phi) is 4.89. The normalized spacial score (nSPS) is 13.6. The van der Waals surface area contributed by atoms with E-state index in [-0.39, 0.29) is 13.3 Å². The van der Waals surface area contributed by atoms with Gasteiger partial charge in [-0.25, -0.2) is 23.5 Å². The average molecular weight is 394 g/mol. The third-order valence-corrected chi connectivity index (χ3v) is 4.95. The predicted octanol–water partition coefficient (Wildman–Crippen LogP) is 1.40. The number of rotatable bonds is 7. The van der Waals surface area contributed by atoms with E-state index >= 15 is 0 Å². The van der Waals surface area contributed by atoms with E-state index in [9.17, 15) is 9.59 Å². The first-order valence-electron chi connectivity index (χ1n) is 9.23. The number of hydrogen-bond acceptors (Lipinski definition) is 5. The maximum absolute atomic E-state index is 13.1. The van der Waals surface area contributed by atoms with Gasteiger partial charge >= 0.3 is 11.4 Å². The molecule has 3 aromatic rings. The number of benzene rings is 1. The van der Waals surface area contributed by atoms with Gasteiger partial charge in [0.15, 0.2) is 0 Å². The summed E-state index contributed by atoms with van der Waals surface area (Å²) in [6, 6.07) is 9.49. The number of allylic oxidation sites excluding steroid dienone is 2. The van der Waals surface area contributed by atoms with Crippen LogP contribution in [0.3, 0.4) is 0 Å². The zero-order valence-corrected chi connectivity index (χ0v) is 16.6. The van der Waals surface area contributed by atoms with Crippen LogP contribution >= 0.6 is 0 Å². The van der Waals surface area contributed by atoms with E-state index in [1.807, 2.05) is 44.2 Å². The Labute approximate surface area is 166 Å². The molecule has 2 aromatic heterocycles. The number of methoxy groups -OCH3 is 1. The lowest BCUT2D eigenvalue weighted by atomic mass is 10.1. The number of hydrogen-bond donors (Lipinski definition) is 0. The second kappa shape index (κ2) is 7.51. The molecule has 1 aromatic carbocycles. The van der Waals surface area contributed by atoms with E-state index in [0.717, 1.165) is 27.1 Å². The summed E-state index contributed by atoms with van der Waals surface area (Å²) in [5.74, 6) is 0. The van der Waals surface area contributed by atoms with Crippen LogP contribution in [0, 0.1) is 0 Å². The molecule has 0 atom stereocenters. The summed E-state index contributed by atoms with van der Waals surface area (Å²) in [6.07, 6.45) is 3.21. The van der Waals surface area contributed by atoms with Crippen LogP contribution in [0.1, 0.15) is 19.4 Å². The number of nitrogens with zero attached hydrogens (tertiary/aromatic N) is 6. The molecule has 0 saturated heterocycles. The van der Waals surface area contributed by atoms with Crippen LogP contribution in [0.15, 0.2) is 68.6 Å². The standard InChI is InChI=1S/C20H22N6O3/c1-14-18(15(2)22-14)12-23-11-17(9-21-23)26-19(27)24(25(13-29-3)20(26)28)10-16-7-5-4-6-8-16/h4-9,11H,10,12-13H2,1-3H3. The highest BCUT2D eigenvalue weighted by Crippen LogP contribution is 2.20. The molecule has 29 heavy (non-hydrogen) atoms. The highest BCUT2D eigenvalue weighted by atomic mass is 16.5. The Morgan fingerprint density at radius 3 is 2.38 bits per heavy atom. The quantitative estimate of drug-likeness (QED) is 0.606. The number of aliphatic imine (C=N–C) groups is 1. The topological polar surface area (TPSA) is 88.3 Å². The molecule has 4 rings (SSSR count). The molecular formula is C20H22N6O3.